The Kier molecular flexibility index (Phi) is 6.17. The van der Waals surface area contributed by atoms with E-state index in [4.69, 9.17) is 0 Å². The molecule has 1 aromatic rings. The van der Waals surface area contributed by atoms with Crippen molar-refractivity contribution >= 4 is 27.7 Å². The van der Waals surface area contributed by atoms with E-state index in [1.54, 1.807) is 6.07 Å². The normalized spacial score (nSPS) is 17.8. The van der Waals surface area contributed by atoms with Crippen LogP contribution in [-0.4, -0.2) is 24.1 Å². The number of halogens is 2. The van der Waals surface area contributed by atoms with E-state index >= 15 is 0 Å². The van der Waals surface area contributed by atoms with Crippen LogP contribution >= 0.6 is 27.7 Å². The fourth-order valence-electron chi connectivity index (χ4n) is 2.52. The Hall–Kier alpha value is -0.0600. The fourth-order valence-corrected chi connectivity index (χ4v) is 4.41. The smallest absolute Gasteiger partial charge is 0.137 e. The van der Waals surface area contributed by atoms with E-state index in [0.29, 0.717) is 10.5 Å². The van der Waals surface area contributed by atoms with Gasteiger partial charge in [-0.1, -0.05) is 25.0 Å². The number of thioether (sulfide) groups is 1. The van der Waals surface area contributed by atoms with Gasteiger partial charge in [0.2, 0.25) is 0 Å². The lowest BCUT2D eigenvalue weighted by Gasteiger charge is -2.19. The van der Waals surface area contributed by atoms with E-state index < -0.39 is 0 Å². The molecule has 1 unspecified atom stereocenters. The zero-order chi connectivity index (χ0) is 13.7. The molecule has 1 aromatic carbocycles. The third kappa shape index (κ3) is 4.47. The average Bonchev–Trinajstić information content (AvgIpc) is 2.92. The van der Waals surface area contributed by atoms with Crippen molar-refractivity contribution in [3.05, 3.63) is 34.1 Å². The van der Waals surface area contributed by atoms with Gasteiger partial charge in [-0.05, 0) is 53.9 Å². The topological polar surface area (TPSA) is 12.0 Å². The lowest BCUT2D eigenvalue weighted by atomic mass is 10.1. The second-order valence-corrected chi connectivity index (χ2v) is 7.27. The lowest BCUT2D eigenvalue weighted by molar-refractivity contribution is 0.596. The fraction of sp³-hybridized carbons (Fsp3) is 0.600. The Morgan fingerprint density at radius 1 is 1.42 bits per heavy atom. The Balaban J connectivity index is 1.88. The van der Waals surface area contributed by atoms with E-state index in [-0.39, 0.29) is 5.82 Å². The number of benzene rings is 1. The first-order valence-electron chi connectivity index (χ1n) is 6.92. The molecular formula is C15H21BrFNS. The van der Waals surface area contributed by atoms with Gasteiger partial charge in [0.1, 0.15) is 5.82 Å². The Labute approximate surface area is 127 Å². The van der Waals surface area contributed by atoms with Crippen LogP contribution in [0.5, 0.6) is 0 Å². The molecule has 106 valence electrons. The zero-order valence-corrected chi connectivity index (χ0v) is 13.7. The number of likely N-dealkylation sites (N-methyl/N-ethyl adjacent to an activating group) is 1. The standard InChI is InChI=1S/C15H21BrFNS/c1-18-12(10-19-13-6-2-3-7-13)9-11-5-4-8-14(17)15(11)16/h4-5,8,12-13,18H,2-3,6-7,9-10H2,1H3. The van der Waals surface area contributed by atoms with E-state index in [1.807, 2.05) is 13.1 Å². The van der Waals surface area contributed by atoms with E-state index in [0.717, 1.165) is 23.0 Å². The van der Waals surface area contributed by atoms with Crippen molar-refractivity contribution in [3.63, 3.8) is 0 Å². The number of rotatable bonds is 6. The maximum Gasteiger partial charge on any atom is 0.137 e. The maximum absolute atomic E-state index is 13.5. The van der Waals surface area contributed by atoms with Crippen molar-refractivity contribution in [1.82, 2.24) is 5.32 Å². The summed E-state index contributed by atoms with van der Waals surface area (Å²) in [4.78, 5) is 0. The first kappa shape index (κ1) is 15.3. The zero-order valence-electron chi connectivity index (χ0n) is 11.3. The van der Waals surface area contributed by atoms with Crippen molar-refractivity contribution in [2.75, 3.05) is 12.8 Å². The van der Waals surface area contributed by atoms with Crippen molar-refractivity contribution in [3.8, 4) is 0 Å². The molecule has 1 atom stereocenters. The van der Waals surface area contributed by atoms with Gasteiger partial charge in [-0.15, -0.1) is 0 Å². The molecule has 19 heavy (non-hydrogen) atoms. The van der Waals surface area contributed by atoms with Crippen LogP contribution in [-0.2, 0) is 6.42 Å². The second kappa shape index (κ2) is 7.65. The molecule has 0 heterocycles. The van der Waals surface area contributed by atoms with Gasteiger partial charge in [-0.25, -0.2) is 4.39 Å². The maximum atomic E-state index is 13.5. The van der Waals surface area contributed by atoms with Gasteiger partial charge in [0, 0.05) is 17.0 Å². The van der Waals surface area contributed by atoms with Gasteiger partial charge in [0.05, 0.1) is 4.47 Å². The molecule has 1 aliphatic carbocycles. The van der Waals surface area contributed by atoms with Crippen molar-refractivity contribution in [2.24, 2.45) is 0 Å². The van der Waals surface area contributed by atoms with Crippen molar-refractivity contribution < 1.29 is 4.39 Å². The minimum absolute atomic E-state index is 0.171. The summed E-state index contributed by atoms with van der Waals surface area (Å²) < 4.78 is 14.1. The molecule has 1 nitrogen and oxygen atoms in total. The summed E-state index contributed by atoms with van der Waals surface area (Å²) in [6.07, 6.45) is 6.37. The summed E-state index contributed by atoms with van der Waals surface area (Å²) in [5, 5.41) is 4.20. The largest absolute Gasteiger partial charge is 0.316 e. The predicted molar refractivity (Wildman–Crippen MR) is 85.4 cm³/mol. The second-order valence-electron chi connectivity index (χ2n) is 5.14. The monoisotopic (exact) mass is 345 g/mol. The highest BCUT2D eigenvalue weighted by Crippen LogP contribution is 2.30. The van der Waals surface area contributed by atoms with Gasteiger partial charge >= 0.3 is 0 Å². The summed E-state index contributed by atoms with van der Waals surface area (Å²) in [5.74, 6) is 0.931. The molecule has 0 spiro atoms. The van der Waals surface area contributed by atoms with Gasteiger partial charge in [-0.3, -0.25) is 0 Å². The quantitative estimate of drug-likeness (QED) is 0.820. The molecule has 0 saturated heterocycles. The Morgan fingerprint density at radius 3 is 2.84 bits per heavy atom. The van der Waals surface area contributed by atoms with Crippen LogP contribution in [0.4, 0.5) is 4.39 Å². The molecule has 1 N–H and O–H groups in total. The van der Waals surface area contributed by atoms with Crippen molar-refractivity contribution in [1.29, 1.82) is 0 Å². The Morgan fingerprint density at radius 2 is 2.16 bits per heavy atom. The highest BCUT2D eigenvalue weighted by atomic mass is 79.9. The van der Waals surface area contributed by atoms with Crippen LogP contribution in [0.15, 0.2) is 22.7 Å². The molecule has 1 saturated carbocycles. The van der Waals surface area contributed by atoms with Crippen LogP contribution in [0.3, 0.4) is 0 Å². The average molecular weight is 346 g/mol. The van der Waals surface area contributed by atoms with Gasteiger partial charge in [0.15, 0.2) is 0 Å². The minimum Gasteiger partial charge on any atom is -0.316 e. The summed E-state index contributed by atoms with van der Waals surface area (Å²) in [7, 11) is 1.99. The Bertz CT molecular complexity index is 407. The summed E-state index contributed by atoms with van der Waals surface area (Å²) >= 11 is 5.42. The number of hydrogen-bond acceptors (Lipinski definition) is 2. The molecule has 0 aromatic heterocycles. The lowest BCUT2D eigenvalue weighted by Crippen LogP contribution is -2.31. The molecular weight excluding hydrogens is 325 g/mol. The van der Waals surface area contributed by atoms with Crippen LogP contribution in [0.25, 0.3) is 0 Å². The predicted octanol–water partition coefficient (Wildman–Crippen LogP) is 4.39. The van der Waals surface area contributed by atoms with E-state index in [2.05, 4.69) is 33.0 Å². The summed E-state index contributed by atoms with van der Waals surface area (Å²) in [5.41, 5.74) is 1.05. The van der Waals surface area contributed by atoms with Crippen molar-refractivity contribution in [2.45, 2.75) is 43.4 Å². The highest BCUT2D eigenvalue weighted by Gasteiger charge is 2.18. The molecule has 0 bridgehead atoms. The first-order valence-corrected chi connectivity index (χ1v) is 8.76. The molecule has 1 fully saturated rings. The van der Waals surface area contributed by atoms with Crippen LogP contribution in [0.1, 0.15) is 31.2 Å². The molecule has 2 rings (SSSR count). The van der Waals surface area contributed by atoms with Gasteiger partial charge in [-0.2, -0.15) is 11.8 Å². The van der Waals surface area contributed by atoms with Crippen LogP contribution in [0, 0.1) is 5.82 Å². The SMILES string of the molecule is CNC(CSC1CCCC1)Cc1cccc(F)c1Br. The summed E-state index contributed by atoms with van der Waals surface area (Å²) in [6.45, 7) is 0. The minimum atomic E-state index is -0.171. The third-order valence-electron chi connectivity index (χ3n) is 3.74. The molecule has 0 radical (unpaired) electrons. The third-order valence-corrected chi connectivity index (χ3v) is 6.17. The van der Waals surface area contributed by atoms with Gasteiger partial charge in [0.25, 0.3) is 0 Å². The molecule has 1 aliphatic rings. The van der Waals surface area contributed by atoms with Crippen LogP contribution in [0.2, 0.25) is 0 Å². The molecule has 0 aliphatic heterocycles. The highest BCUT2D eigenvalue weighted by molar-refractivity contribution is 9.10. The molecule has 4 heteroatoms. The molecule has 0 amide bonds. The number of hydrogen-bond donors (Lipinski definition) is 1. The summed E-state index contributed by atoms with van der Waals surface area (Å²) in [6, 6.07) is 5.68. The first-order chi connectivity index (χ1) is 9.20. The van der Waals surface area contributed by atoms with E-state index in [1.165, 1.54) is 31.7 Å². The van der Waals surface area contributed by atoms with E-state index in [9.17, 15) is 4.39 Å². The number of nitrogens with one attached hydrogen (secondary N) is 1. The van der Waals surface area contributed by atoms with Crippen LogP contribution < -0.4 is 5.32 Å². The van der Waals surface area contributed by atoms with Gasteiger partial charge < -0.3 is 5.32 Å².